The normalized spacial score (nSPS) is 33.4. The topological polar surface area (TPSA) is 238 Å². The highest BCUT2D eigenvalue weighted by atomic mass is 16.8. The molecule has 9 unspecified atom stereocenters. The smallest absolute Gasteiger partial charge is 0.229 e. The zero-order valence-electron chi connectivity index (χ0n) is 20.1. The molecule has 9 atom stereocenters. The molecule has 212 valence electrons. The summed E-state index contributed by atoms with van der Waals surface area (Å²) in [5, 5.41) is 80.9. The molecule has 39 heavy (non-hydrogen) atoms. The maximum Gasteiger partial charge on any atom is 0.229 e. The standard InChI is InChI=1S/C24H26O15/c1-34-7-4-8(25)13-12(5-7)36-10-2-3-11(16(28)14(10)17(13)29)37-24-21(15(27)9(26)6-35-24)38-23-20(32)18(30)19(31)22(33)39-23/h2-5,9,15,18-28,30-33H,6H2,1H3. The van der Waals surface area contributed by atoms with Crippen LogP contribution < -0.4 is 14.9 Å². The fourth-order valence-corrected chi connectivity index (χ4v) is 4.43. The van der Waals surface area contributed by atoms with Gasteiger partial charge in [0.2, 0.25) is 11.7 Å². The molecular formula is C24H26O15. The average molecular weight is 554 g/mol. The van der Waals surface area contributed by atoms with Crippen molar-refractivity contribution in [1.29, 1.82) is 0 Å². The minimum Gasteiger partial charge on any atom is -0.507 e. The minimum absolute atomic E-state index is 0.000797. The van der Waals surface area contributed by atoms with Crippen LogP contribution >= 0.6 is 0 Å². The number of aliphatic hydroxyl groups excluding tert-OH is 6. The van der Waals surface area contributed by atoms with Crippen molar-refractivity contribution in [2.75, 3.05) is 13.7 Å². The molecule has 5 rings (SSSR count). The van der Waals surface area contributed by atoms with E-state index in [9.17, 15) is 45.6 Å². The van der Waals surface area contributed by atoms with Gasteiger partial charge in [-0.2, -0.15) is 0 Å². The van der Waals surface area contributed by atoms with Gasteiger partial charge in [0, 0.05) is 12.1 Å². The lowest BCUT2D eigenvalue weighted by molar-refractivity contribution is -0.372. The Morgan fingerprint density at radius 3 is 2.33 bits per heavy atom. The number of fused-ring (bicyclic) bond motifs is 2. The molecule has 15 heteroatoms. The predicted molar refractivity (Wildman–Crippen MR) is 126 cm³/mol. The molecule has 0 amide bonds. The number of hydrogen-bond donors (Lipinski definition) is 8. The van der Waals surface area contributed by atoms with Crippen molar-refractivity contribution in [3.8, 4) is 23.0 Å². The SMILES string of the molecule is COc1cc(O)c2c(=O)c3c(O)c(OC4OCC(O)C(O)C4OC4OC(O)C(O)C(O)C4O)ccc3oc2c1. The van der Waals surface area contributed by atoms with Crippen molar-refractivity contribution >= 4 is 21.9 Å². The summed E-state index contributed by atoms with van der Waals surface area (Å²) in [4.78, 5) is 13.2. The Balaban J connectivity index is 1.48. The van der Waals surface area contributed by atoms with Gasteiger partial charge in [-0.15, -0.1) is 0 Å². The van der Waals surface area contributed by atoms with E-state index >= 15 is 0 Å². The average Bonchev–Trinajstić information content (AvgIpc) is 2.90. The number of hydrogen-bond acceptors (Lipinski definition) is 15. The van der Waals surface area contributed by atoms with Crippen molar-refractivity contribution in [3.63, 3.8) is 0 Å². The van der Waals surface area contributed by atoms with Crippen LogP contribution in [-0.4, -0.2) is 110 Å². The molecule has 15 nitrogen and oxygen atoms in total. The molecule has 2 saturated heterocycles. The van der Waals surface area contributed by atoms with Crippen molar-refractivity contribution < 1.29 is 69.0 Å². The second-order valence-electron chi connectivity index (χ2n) is 9.08. The van der Waals surface area contributed by atoms with E-state index in [0.717, 1.165) is 0 Å². The molecular weight excluding hydrogens is 528 g/mol. The van der Waals surface area contributed by atoms with Crippen molar-refractivity contribution in [3.05, 3.63) is 34.5 Å². The van der Waals surface area contributed by atoms with Gasteiger partial charge >= 0.3 is 0 Å². The van der Waals surface area contributed by atoms with Gasteiger partial charge in [-0.05, 0) is 12.1 Å². The molecule has 2 fully saturated rings. The molecule has 8 N–H and O–H groups in total. The molecule has 3 heterocycles. The number of phenolic OH excluding ortho intramolecular Hbond substituents is 2. The lowest BCUT2D eigenvalue weighted by atomic mass is 10.0. The first kappa shape index (κ1) is 27.3. The highest BCUT2D eigenvalue weighted by Crippen LogP contribution is 2.38. The first-order chi connectivity index (χ1) is 18.5. The van der Waals surface area contributed by atoms with Crippen LogP contribution in [-0.2, 0) is 14.2 Å². The van der Waals surface area contributed by atoms with Crippen molar-refractivity contribution in [2.45, 2.75) is 55.5 Å². The van der Waals surface area contributed by atoms with Crippen LogP contribution in [0.2, 0.25) is 0 Å². The van der Waals surface area contributed by atoms with E-state index in [4.69, 9.17) is 28.1 Å². The van der Waals surface area contributed by atoms with Crippen LogP contribution in [0.25, 0.3) is 21.9 Å². The Hall–Kier alpha value is -3.25. The third kappa shape index (κ3) is 4.73. The van der Waals surface area contributed by atoms with Gasteiger partial charge in [-0.1, -0.05) is 0 Å². The zero-order valence-corrected chi connectivity index (χ0v) is 20.1. The quantitative estimate of drug-likeness (QED) is 0.159. The molecule has 2 aliphatic rings. The van der Waals surface area contributed by atoms with E-state index in [0.29, 0.717) is 0 Å². The Bertz CT molecular complexity index is 1420. The fourth-order valence-electron chi connectivity index (χ4n) is 4.43. The molecule has 3 aromatic rings. The third-order valence-electron chi connectivity index (χ3n) is 6.58. The van der Waals surface area contributed by atoms with Crippen LogP contribution in [0.3, 0.4) is 0 Å². The van der Waals surface area contributed by atoms with Gasteiger partial charge in [0.1, 0.15) is 64.0 Å². The van der Waals surface area contributed by atoms with Crippen LogP contribution in [0.15, 0.2) is 33.5 Å². The van der Waals surface area contributed by atoms with E-state index in [1.165, 1.54) is 31.4 Å². The second-order valence-corrected chi connectivity index (χ2v) is 9.08. The summed E-state index contributed by atoms with van der Waals surface area (Å²) in [7, 11) is 1.37. The summed E-state index contributed by atoms with van der Waals surface area (Å²) >= 11 is 0. The molecule has 0 bridgehead atoms. The monoisotopic (exact) mass is 554 g/mol. The van der Waals surface area contributed by atoms with E-state index in [1.807, 2.05) is 0 Å². The first-order valence-electron chi connectivity index (χ1n) is 11.7. The summed E-state index contributed by atoms with van der Waals surface area (Å²) in [6.07, 6.45) is -15.8. The maximum atomic E-state index is 13.2. The maximum absolute atomic E-state index is 13.2. The van der Waals surface area contributed by atoms with Crippen molar-refractivity contribution in [1.82, 2.24) is 0 Å². The molecule has 0 radical (unpaired) electrons. The number of rotatable bonds is 5. The lowest BCUT2D eigenvalue weighted by Crippen LogP contribution is -2.62. The van der Waals surface area contributed by atoms with E-state index in [1.54, 1.807) is 0 Å². The molecule has 0 aliphatic carbocycles. The highest BCUT2D eigenvalue weighted by molar-refractivity contribution is 5.97. The Morgan fingerprint density at radius 1 is 0.872 bits per heavy atom. The lowest BCUT2D eigenvalue weighted by Gasteiger charge is -2.43. The summed E-state index contributed by atoms with van der Waals surface area (Å²) < 4.78 is 32.3. The third-order valence-corrected chi connectivity index (χ3v) is 6.58. The van der Waals surface area contributed by atoms with Crippen molar-refractivity contribution in [2.24, 2.45) is 0 Å². The molecule has 1 aromatic heterocycles. The summed E-state index contributed by atoms with van der Waals surface area (Å²) in [6, 6.07) is 5.10. The van der Waals surface area contributed by atoms with Gasteiger partial charge in [-0.25, -0.2) is 0 Å². The summed E-state index contributed by atoms with van der Waals surface area (Å²) in [5.74, 6) is -1.27. The predicted octanol–water partition coefficient (Wildman–Crippen LogP) is -2.03. The van der Waals surface area contributed by atoms with Gasteiger partial charge in [-0.3, -0.25) is 4.79 Å². The van der Waals surface area contributed by atoms with Gasteiger partial charge < -0.3 is 69.0 Å². The van der Waals surface area contributed by atoms with Gasteiger partial charge in [0.05, 0.1) is 13.7 Å². The Kier molecular flexibility index (Phi) is 7.27. The number of methoxy groups -OCH3 is 1. The number of aromatic hydroxyl groups is 2. The van der Waals surface area contributed by atoms with E-state index in [2.05, 4.69) is 0 Å². The first-order valence-corrected chi connectivity index (χ1v) is 11.7. The fraction of sp³-hybridized carbons (Fsp3) is 0.458. The van der Waals surface area contributed by atoms with Gasteiger partial charge in [0.15, 0.2) is 30.2 Å². The van der Waals surface area contributed by atoms with E-state index in [-0.39, 0.29) is 33.4 Å². The molecule has 2 aliphatic heterocycles. The summed E-state index contributed by atoms with van der Waals surface area (Å²) in [5.41, 5.74) is -0.848. The van der Waals surface area contributed by atoms with Crippen LogP contribution in [0, 0.1) is 0 Å². The van der Waals surface area contributed by atoms with Gasteiger partial charge in [0.25, 0.3) is 0 Å². The Morgan fingerprint density at radius 2 is 1.62 bits per heavy atom. The highest BCUT2D eigenvalue weighted by Gasteiger charge is 2.49. The van der Waals surface area contributed by atoms with E-state index < -0.39 is 79.0 Å². The zero-order chi connectivity index (χ0) is 28.2. The van der Waals surface area contributed by atoms with Crippen LogP contribution in [0.4, 0.5) is 0 Å². The molecule has 0 spiro atoms. The van der Waals surface area contributed by atoms with Crippen LogP contribution in [0.5, 0.6) is 23.0 Å². The summed E-state index contributed by atoms with van der Waals surface area (Å²) in [6.45, 7) is -0.444. The second kappa shape index (κ2) is 10.4. The van der Waals surface area contributed by atoms with Crippen LogP contribution in [0.1, 0.15) is 0 Å². The molecule has 2 aromatic carbocycles. The minimum atomic E-state index is -1.95. The molecule has 0 saturated carbocycles. The number of benzene rings is 2. The number of phenols is 2. The number of aliphatic hydroxyl groups is 6. The number of ether oxygens (including phenoxy) is 5. The largest absolute Gasteiger partial charge is 0.507 e. The Labute approximate surface area is 218 Å².